The van der Waals surface area contributed by atoms with E-state index in [9.17, 15) is 18.4 Å². The molecular weight excluding hydrogens is 194 g/mol. The maximum atomic E-state index is 12.6. The number of carbonyl (C=O) groups excluding carboxylic acids is 1. The van der Waals surface area contributed by atoms with Gasteiger partial charge in [0.25, 0.3) is 0 Å². The third kappa shape index (κ3) is 2.62. The van der Waals surface area contributed by atoms with Crippen LogP contribution in [0.4, 0.5) is 8.78 Å². The van der Waals surface area contributed by atoms with Crippen molar-refractivity contribution >= 4 is 11.8 Å². The van der Waals surface area contributed by atoms with E-state index in [0.717, 1.165) is 12.1 Å². The Morgan fingerprint density at radius 3 is 2.07 bits per heavy atom. The quantitative estimate of drug-likeness (QED) is 0.595. The maximum Gasteiger partial charge on any atom is 0.311 e. The molecule has 3 nitrogen and oxygen atoms in total. The molecule has 1 aromatic carbocycles. The molecule has 0 radical (unpaired) electrons. The van der Waals surface area contributed by atoms with E-state index in [4.69, 9.17) is 5.11 Å². The first-order chi connectivity index (χ1) is 6.49. The number of carboxylic acid groups (broad SMARTS) is 1. The van der Waals surface area contributed by atoms with Gasteiger partial charge in [0.05, 0.1) is 0 Å². The molecule has 0 aliphatic carbocycles. The summed E-state index contributed by atoms with van der Waals surface area (Å²) in [6.07, 6.45) is -0.775. The van der Waals surface area contributed by atoms with Gasteiger partial charge >= 0.3 is 5.97 Å². The first-order valence-electron chi connectivity index (χ1n) is 3.70. The average Bonchev–Trinajstić information content (AvgIpc) is 2.00. The van der Waals surface area contributed by atoms with Gasteiger partial charge < -0.3 is 5.11 Å². The fourth-order valence-corrected chi connectivity index (χ4v) is 0.954. The summed E-state index contributed by atoms with van der Waals surface area (Å²) in [7, 11) is 0. The monoisotopic (exact) mass is 200 g/mol. The number of halogens is 2. The Balaban J connectivity index is 2.95. The minimum atomic E-state index is -1.33. The second-order valence-electron chi connectivity index (χ2n) is 2.65. The zero-order valence-corrected chi connectivity index (χ0v) is 6.96. The van der Waals surface area contributed by atoms with E-state index in [1.165, 1.54) is 0 Å². The molecule has 0 aliphatic heterocycles. The molecule has 1 aromatic rings. The number of hydrogen-bond donors (Lipinski definition) is 1. The third-order valence-corrected chi connectivity index (χ3v) is 1.50. The van der Waals surface area contributed by atoms with Crippen LogP contribution in [0.3, 0.4) is 0 Å². The summed E-state index contributed by atoms with van der Waals surface area (Å²) in [4.78, 5) is 21.2. The van der Waals surface area contributed by atoms with Gasteiger partial charge in [-0.15, -0.1) is 0 Å². The summed E-state index contributed by atoms with van der Waals surface area (Å²) in [5, 5.41) is 8.28. The van der Waals surface area contributed by atoms with Crippen molar-refractivity contribution in [3.8, 4) is 0 Å². The lowest BCUT2D eigenvalue weighted by atomic mass is 10.1. The van der Waals surface area contributed by atoms with Gasteiger partial charge in [-0.1, -0.05) is 0 Å². The van der Waals surface area contributed by atoms with Crippen LogP contribution in [0.1, 0.15) is 16.8 Å². The number of carboxylic acids is 1. The van der Waals surface area contributed by atoms with Crippen molar-refractivity contribution in [2.75, 3.05) is 0 Å². The highest BCUT2D eigenvalue weighted by atomic mass is 19.1. The Kier molecular flexibility index (Phi) is 2.91. The van der Waals surface area contributed by atoms with E-state index < -0.39 is 29.8 Å². The molecule has 0 aromatic heterocycles. The molecule has 74 valence electrons. The van der Waals surface area contributed by atoms with Crippen LogP contribution in [0.2, 0.25) is 0 Å². The summed E-state index contributed by atoms with van der Waals surface area (Å²) in [6, 6.07) is 2.21. The number of ketones is 1. The molecule has 14 heavy (non-hydrogen) atoms. The third-order valence-electron chi connectivity index (χ3n) is 1.50. The van der Waals surface area contributed by atoms with Crippen molar-refractivity contribution in [3.05, 3.63) is 35.4 Å². The molecular formula is C9H6F2O3. The highest BCUT2D eigenvalue weighted by Crippen LogP contribution is 2.09. The van der Waals surface area contributed by atoms with Crippen LogP contribution in [0, 0.1) is 11.6 Å². The second kappa shape index (κ2) is 3.95. The maximum absolute atomic E-state index is 12.6. The van der Waals surface area contributed by atoms with E-state index in [0.29, 0.717) is 6.07 Å². The van der Waals surface area contributed by atoms with Crippen molar-refractivity contribution in [3.63, 3.8) is 0 Å². The van der Waals surface area contributed by atoms with Gasteiger partial charge in [-0.05, 0) is 12.1 Å². The fraction of sp³-hybridized carbons (Fsp3) is 0.111. The van der Waals surface area contributed by atoms with Crippen LogP contribution in [0.15, 0.2) is 18.2 Å². The van der Waals surface area contributed by atoms with Gasteiger partial charge in [-0.2, -0.15) is 0 Å². The molecule has 0 saturated carbocycles. The van der Waals surface area contributed by atoms with Crippen molar-refractivity contribution in [1.82, 2.24) is 0 Å². The summed E-state index contributed by atoms with van der Waals surface area (Å²) < 4.78 is 25.2. The summed E-state index contributed by atoms with van der Waals surface area (Å²) >= 11 is 0. The zero-order chi connectivity index (χ0) is 10.7. The van der Waals surface area contributed by atoms with E-state index in [2.05, 4.69) is 0 Å². The van der Waals surface area contributed by atoms with Gasteiger partial charge in [0, 0.05) is 11.6 Å². The normalized spacial score (nSPS) is 9.86. The molecule has 1 rings (SSSR count). The van der Waals surface area contributed by atoms with Gasteiger partial charge in [-0.3, -0.25) is 9.59 Å². The zero-order valence-electron chi connectivity index (χ0n) is 6.96. The van der Waals surface area contributed by atoms with E-state index in [1.807, 2.05) is 0 Å². The van der Waals surface area contributed by atoms with Crippen molar-refractivity contribution in [2.45, 2.75) is 6.42 Å². The predicted octanol–water partition coefficient (Wildman–Crippen LogP) is 1.62. The van der Waals surface area contributed by atoms with Crippen molar-refractivity contribution in [2.24, 2.45) is 0 Å². The molecule has 0 bridgehead atoms. The van der Waals surface area contributed by atoms with Crippen LogP contribution in [-0.2, 0) is 4.79 Å². The van der Waals surface area contributed by atoms with E-state index >= 15 is 0 Å². The summed E-state index contributed by atoms with van der Waals surface area (Å²) in [6.45, 7) is 0. The van der Waals surface area contributed by atoms with Gasteiger partial charge in [0.1, 0.15) is 18.1 Å². The van der Waals surface area contributed by atoms with Crippen LogP contribution in [0.25, 0.3) is 0 Å². The molecule has 0 amide bonds. The minimum absolute atomic E-state index is 0.273. The average molecular weight is 200 g/mol. The smallest absolute Gasteiger partial charge is 0.311 e. The van der Waals surface area contributed by atoms with Crippen molar-refractivity contribution in [1.29, 1.82) is 0 Å². The molecule has 0 aliphatic rings. The number of rotatable bonds is 3. The standard InChI is InChI=1S/C9H6F2O3/c10-6-1-5(2-7(11)3-6)8(12)4-9(13)14/h1-3H,4H2,(H,13,14). The summed E-state index contributed by atoms with van der Waals surface area (Å²) in [5.41, 5.74) is -0.273. The number of benzene rings is 1. The Labute approximate surface area is 78.0 Å². The van der Waals surface area contributed by atoms with E-state index in [1.54, 1.807) is 0 Å². The number of carbonyl (C=O) groups is 2. The topological polar surface area (TPSA) is 54.4 Å². The molecule has 0 heterocycles. The largest absolute Gasteiger partial charge is 0.481 e. The second-order valence-corrected chi connectivity index (χ2v) is 2.65. The van der Waals surface area contributed by atoms with Gasteiger partial charge in [-0.25, -0.2) is 8.78 Å². The SMILES string of the molecule is O=C(O)CC(=O)c1cc(F)cc(F)c1. The Hall–Kier alpha value is -1.78. The Morgan fingerprint density at radius 2 is 1.64 bits per heavy atom. The molecule has 0 spiro atoms. The highest BCUT2D eigenvalue weighted by Gasteiger charge is 2.12. The lowest BCUT2D eigenvalue weighted by Gasteiger charge is -1.98. The van der Waals surface area contributed by atoms with Crippen molar-refractivity contribution < 1.29 is 23.5 Å². The molecule has 1 N–H and O–H groups in total. The van der Waals surface area contributed by atoms with Gasteiger partial charge in [0.15, 0.2) is 5.78 Å². The predicted molar refractivity (Wildman–Crippen MR) is 42.9 cm³/mol. The molecule has 5 heteroatoms. The Morgan fingerprint density at radius 1 is 1.14 bits per heavy atom. The number of hydrogen-bond acceptors (Lipinski definition) is 2. The molecule has 0 fully saturated rings. The highest BCUT2D eigenvalue weighted by molar-refractivity contribution is 6.05. The minimum Gasteiger partial charge on any atom is -0.481 e. The van der Waals surface area contributed by atoms with Crippen LogP contribution in [-0.4, -0.2) is 16.9 Å². The first-order valence-corrected chi connectivity index (χ1v) is 3.70. The van der Waals surface area contributed by atoms with Crippen LogP contribution >= 0.6 is 0 Å². The van der Waals surface area contributed by atoms with Gasteiger partial charge in [0.2, 0.25) is 0 Å². The van der Waals surface area contributed by atoms with Crippen LogP contribution in [0.5, 0.6) is 0 Å². The lowest BCUT2D eigenvalue weighted by molar-refractivity contribution is -0.135. The van der Waals surface area contributed by atoms with E-state index in [-0.39, 0.29) is 5.56 Å². The van der Waals surface area contributed by atoms with Crippen LogP contribution < -0.4 is 0 Å². The fourth-order valence-electron chi connectivity index (χ4n) is 0.954. The first kappa shape index (κ1) is 10.3. The molecule has 0 atom stereocenters. The number of aliphatic carboxylic acids is 1. The molecule has 0 saturated heterocycles. The lowest BCUT2D eigenvalue weighted by Crippen LogP contribution is -2.07. The summed E-state index contributed by atoms with van der Waals surface area (Å²) in [5.74, 6) is -3.96. The molecule has 0 unspecified atom stereocenters. The Bertz CT molecular complexity index is 367. The number of Topliss-reactive ketones (excluding diaryl/α,β-unsaturated/α-hetero) is 1.